The van der Waals surface area contributed by atoms with E-state index in [1.165, 1.54) is 0 Å². The number of hydrogen-bond acceptors (Lipinski definition) is 3. The summed E-state index contributed by atoms with van der Waals surface area (Å²) in [5.41, 5.74) is 4.38. The Morgan fingerprint density at radius 3 is 1.86 bits per heavy atom. The third-order valence-electron chi connectivity index (χ3n) is 1.36. The molecule has 0 aromatic carbocycles. The molecule has 0 bridgehead atoms. The first-order valence-corrected chi connectivity index (χ1v) is 4.52. The molecule has 0 aliphatic heterocycles. The minimum absolute atomic E-state index is 0.326. The molecule has 0 radical (unpaired) electrons. The van der Waals surface area contributed by atoms with Crippen molar-refractivity contribution in [3.05, 3.63) is 0 Å². The van der Waals surface area contributed by atoms with Crippen molar-refractivity contribution in [2.24, 2.45) is 10.7 Å². The first kappa shape index (κ1) is 15.7. The van der Waals surface area contributed by atoms with E-state index in [0.29, 0.717) is 6.54 Å². The van der Waals surface area contributed by atoms with Gasteiger partial charge in [0.15, 0.2) is 5.96 Å². The zero-order valence-electron chi connectivity index (χ0n) is 10.1. The van der Waals surface area contributed by atoms with E-state index in [9.17, 15) is 0 Å². The molecule has 0 aromatic heterocycles. The SMILES string of the molecule is CC(C)(O)CN.CN=C(NC)N(C)C. The number of guanidine groups is 1. The van der Waals surface area contributed by atoms with Gasteiger partial charge in [-0.3, -0.25) is 4.99 Å². The predicted molar refractivity (Wildman–Crippen MR) is 61.5 cm³/mol. The third kappa shape index (κ3) is 11.2. The van der Waals surface area contributed by atoms with E-state index in [1.807, 2.05) is 26.0 Å². The van der Waals surface area contributed by atoms with Gasteiger partial charge in [0, 0.05) is 34.7 Å². The molecule has 0 spiro atoms. The highest BCUT2D eigenvalue weighted by Crippen LogP contribution is 1.93. The molecule has 0 aromatic rings. The minimum atomic E-state index is -0.681. The number of nitrogens with zero attached hydrogens (tertiary/aromatic N) is 2. The van der Waals surface area contributed by atoms with E-state index in [2.05, 4.69) is 10.3 Å². The molecule has 0 saturated heterocycles. The summed E-state index contributed by atoms with van der Waals surface area (Å²) in [6.45, 7) is 3.67. The van der Waals surface area contributed by atoms with Crippen LogP contribution >= 0.6 is 0 Å². The fraction of sp³-hybridized carbons (Fsp3) is 0.889. The van der Waals surface area contributed by atoms with Crippen LogP contribution in [0.5, 0.6) is 0 Å². The summed E-state index contributed by atoms with van der Waals surface area (Å²) in [6, 6.07) is 0. The van der Waals surface area contributed by atoms with Gasteiger partial charge in [0.1, 0.15) is 0 Å². The van der Waals surface area contributed by atoms with Gasteiger partial charge in [0.05, 0.1) is 5.60 Å². The highest BCUT2D eigenvalue weighted by molar-refractivity contribution is 5.78. The van der Waals surface area contributed by atoms with Crippen LogP contribution in [0.3, 0.4) is 0 Å². The normalized spacial score (nSPS) is 11.6. The van der Waals surface area contributed by atoms with E-state index in [1.54, 1.807) is 20.9 Å². The second-order valence-electron chi connectivity index (χ2n) is 3.71. The third-order valence-corrected chi connectivity index (χ3v) is 1.36. The van der Waals surface area contributed by atoms with Gasteiger partial charge in [-0.25, -0.2) is 0 Å². The highest BCUT2D eigenvalue weighted by Gasteiger charge is 2.06. The number of rotatable bonds is 1. The smallest absolute Gasteiger partial charge is 0.192 e. The molecule has 0 aliphatic rings. The van der Waals surface area contributed by atoms with Crippen molar-refractivity contribution >= 4 is 5.96 Å². The molecule has 0 heterocycles. The molecule has 5 heteroatoms. The molecule has 0 unspecified atom stereocenters. The molecule has 0 amide bonds. The number of nitrogens with one attached hydrogen (secondary N) is 1. The van der Waals surface area contributed by atoms with Gasteiger partial charge < -0.3 is 21.1 Å². The summed E-state index contributed by atoms with van der Waals surface area (Å²) in [4.78, 5) is 5.85. The van der Waals surface area contributed by atoms with Crippen LogP contribution in [0, 0.1) is 0 Å². The van der Waals surface area contributed by atoms with Gasteiger partial charge in [-0.1, -0.05) is 0 Å². The van der Waals surface area contributed by atoms with Crippen LogP contribution in [0.1, 0.15) is 13.8 Å². The number of aliphatic hydroxyl groups is 1. The van der Waals surface area contributed by atoms with E-state index < -0.39 is 5.60 Å². The van der Waals surface area contributed by atoms with Crippen LogP contribution in [0.15, 0.2) is 4.99 Å². The summed E-state index contributed by atoms with van der Waals surface area (Å²) >= 11 is 0. The molecular formula is C9H24N4O. The molecule has 0 atom stereocenters. The van der Waals surface area contributed by atoms with Crippen LogP contribution in [0.4, 0.5) is 0 Å². The van der Waals surface area contributed by atoms with Crippen LogP contribution in [-0.2, 0) is 0 Å². The van der Waals surface area contributed by atoms with E-state index in [0.717, 1.165) is 5.96 Å². The van der Waals surface area contributed by atoms with Crippen LogP contribution in [-0.4, -0.2) is 56.3 Å². The van der Waals surface area contributed by atoms with Gasteiger partial charge in [-0.05, 0) is 13.8 Å². The standard InChI is InChI=1S/C5H13N3.C4H11NO/c1-6-5(7-2)8(3)4;1-4(2,6)3-5/h1-4H3,(H,6,7);6H,3,5H2,1-2H3. The fourth-order valence-electron chi connectivity index (χ4n) is 0.535. The summed E-state index contributed by atoms with van der Waals surface area (Å²) < 4.78 is 0. The van der Waals surface area contributed by atoms with Crippen molar-refractivity contribution in [2.75, 3.05) is 34.7 Å². The van der Waals surface area contributed by atoms with Crippen LogP contribution < -0.4 is 11.1 Å². The maximum atomic E-state index is 8.70. The van der Waals surface area contributed by atoms with Crippen molar-refractivity contribution < 1.29 is 5.11 Å². The lowest BCUT2D eigenvalue weighted by atomic mass is 10.1. The molecule has 0 fully saturated rings. The molecule has 5 nitrogen and oxygen atoms in total. The highest BCUT2D eigenvalue weighted by atomic mass is 16.3. The zero-order chi connectivity index (χ0) is 11.8. The molecule has 14 heavy (non-hydrogen) atoms. The van der Waals surface area contributed by atoms with E-state index >= 15 is 0 Å². The molecular weight excluding hydrogens is 180 g/mol. The van der Waals surface area contributed by atoms with Gasteiger partial charge in [-0.15, -0.1) is 0 Å². The van der Waals surface area contributed by atoms with Crippen molar-refractivity contribution in [1.29, 1.82) is 0 Å². The Kier molecular flexibility index (Phi) is 8.48. The van der Waals surface area contributed by atoms with Gasteiger partial charge >= 0.3 is 0 Å². The predicted octanol–water partition coefficient (Wildman–Crippen LogP) is -0.531. The summed E-state index contributed by atoms with van der Waals surface area (Å²) in [7, 11) is 7.49. The Bertz CT molecular complexity index is 161. The molecule has 0 saturated carbocycles. The lowest BCUT2D eigenvalue weighted by molar-refractivity contribution is 0.0898. The average Bonchev–Trinajstić information content (AvgIpc) is 2.06. The maximum absolute atomic E-state index is 8.70. The van der Waals surface area contributed by atoms with Crippen molar-refractivity contribution in [3.63, 3.8) is 0 Å². The van der Waals surface area contributed by atoms with Crippen molar-refractivity contribution in [1.82, 2.24) is 10.2 Å². The Hall–Kier alpha value is -0.810. The lowest BCUT2D eigenvalue weighted by Gasteiger charge is -2.12. The number of aliphatic imine (C=N–C) groups is 1. The Morgan fingerprint density at radius 2 is 1.86 bits per heavy atom. The Morgan fingerprint density at radius 1 is 1.50 bits per heavy atom. The largest absolute Gasteiger partial charge is 0.389 e. The first-order valence-electron chi connectivity index (χ1n) is 4.52. The van der Waals surface area contributed by atoms with Crippen LogP contribution in [0.25, 0.3) is 0 Å². The topological polar surface area (TPSA) is 73.9 Å². The second-order valence-corrected chi connectivity index (χ2v) is 3.71. The summed E-state index contributed by atoms with van der Waals surface area (Å²) in [5, 5.41) is 11.6. The molecule has 0 aliphatic carbocycles. The maximum Gasteiger partial charge on any atom is 0.192 e. The monoisotopic (exact) mass is 204 g/mol. The van der Waals surface area contributed by atoms with Gasteiger partial charge in [-0.2, -0.15) is 0 Å². The summed E-state index contributed by atoms with van der Waals surface area (Å²) in [6.07, 6.45) is 0. The molecule has 4 N–H and O–H groups in total. The second kappa shape index (κ2) is 7.58. The Balaban J connectivity index is 0. The van der Waals surface area contributed by atoms with Gasteiger partial charge in [0.2, 0.25) is 0 Å². The average molecular weight is 204 g/mol. The number of hydrogen-bond donors (Lipinski definition) is 3. The van der Waals surface area contributed by atoms with E-state index in [-0.39, 0.29) is 0 Å². The first-order chi connectivity index (χ1) is 6.28. The minimum Gasteiger partial charge on any atom is -0.389 e. The van der Waals surface area contributed by atoms with E-state index in [4.69, 9.17) is 10.8 Å². The Labute approximate surface area is 87.0 Å². The van der Waals surface area contributed by atoms with Crippen molar-refractivity contribution in [2.45, 2.75) is 19.4 Å². The molecule has 0 rings (SSSR count). The van der Waals surface area contributed by atoms with Crippen molar-refractivity contribution in [3.8, 4) is 0 Å². The van der Waals surface area contributed by atoms with Gasteiger partial charge in [0.25, 0.3) is 0 Å². The number of nitrogens with two attached hydrogens (primary N) is 1. The quantitative estimate of drug-likeness (QED) is 0.396. The fourth-order valence-corrected chi connectivity index (χ4v) is 0.535. The zero-order valence-corrected chi connectivity index (χ0v) is 10.1. The lowest BCUT2D eigenvalue weighted by Crippen LogP contribution is -2.33. The molecule has 86 valence electrons. The summed E-state index contributed by atoms with van der Waals surface area (Å²) in [5.74, 6) is 0.894. The van der Waals surface area contributed by atoms with Crippen LogP contribution in [0.2, 0.25) is 0 Å².